The van der Waals surface area contributed by atoms with Gasteiger partial charge in [-0.3, -0.25) is 0 Å². The molecule has 4 heteroatoms. The molecule has 2 aromatic carbocycles. The Kier molecular flexibility index (Phi) is 6.90. The lowest BCUT2D eigenvalue weighted by Crippen LogP contribution is -2.11. The van der Waals surface area contributed by atoms with Crippen LogP contribution >= 0.6 is 11.8 Å². The van der Waals surface area contributed by atoms with E-state index < -0.39 is 12.5 Å². The lowest BCUT2D eigenvalue weighted by molar-refractivity contribution is 0.376. The Morgan fingerprint density at radius 3 is 2.36 bits per heavy atom. The molecule has 1 nitrogen and oxygen atoms in total. The molecule has 1 saturated carbocycles. The van der Waals surface area contributed by atoms with Crippen molar-refractivity contribution in [2.45, 2.75) is 43.2 Å². The predicted octanol–water partition coefficient (Wildman–Crippen LogP) is 6.73. The van der Waals surface area contributed by atoms with E-state index in [9.17, 15) is 8.78 Å². The van der Waals surface area contributed by atoms with E-state index >= 15 is 0 Å². The molecule has 0 N–H and O–H groups in total. The molecule has 0 heterocycles. The molecule has 0 aromatic heterocycles. The average molecular weight is 394 g/mol. The maximum atomic E-state index is 14.1. The van der Waals surface area contributed by atoms with Gasteiger partial charge in [0, 0.05) is 16.7 Å². The van der Waals surface area contributed by atoms with Gasteiger partial charge in [-0.1, -0.05) is 30.0 Å². The number of nitrogens with zero attached hydrogens (tertiary/aromatic N) is 1. The minimum atomic E-state index is -0.834. The van der Waals surface area contributed by atoms with Crippen LogP contribution in [0.1, 0.15) is 53.9 Å². The molecule has 0 radical (unpaired) electrons. The number of benzene rings is 2. The number of nitriles is 1. The molecule has 0 spiro atoms. The van der Waals surface area contributed by atoms with Gasteiger partial charge < -0.3 is 0 Å². The second-order valence-electron chi connectivity index (χ2n) is 6.99. The van der Waals surface area contributed by atoms with Crippen LogP contribution in [0.2, 0.25) is 0 Å². The van der Waals surface area contributed by atoms with Crippen molar-refractivity contribution in [2.24, 2.45) is 5.92 Å². The SMILES string of the molecule is C=CC1CCC(c2ccc(C#Cc3cc(F)c(SC#N)c(CF)c3)cc2)CC1. The fraction of sp³-hybridized carbons (Fsp3) is 0.292. The second-order valence-corrected chi connectivity index (χ2v) is 7.79. The Morgan fingerprint density at radius 1 is 1.07 bits per heavy atom. The van der Waals surface area contributed by atoms with Gasteiger partial charge in [0.25, 0.3) is 0 Å². The van der Waals surface area contributed by atoms with Crippen LogP contribution < -0.4 is 0 Å². The number of thiocyanates is 1. The molecule has 28 heavy (non-hydrogen) atoms. The van der Waals surface area contributed by atoms with Crippen molar-refractivity contribution in [1.29, 1.82) is 5.26 Å². The molecule has 0 aliphatic heterocycles. The molecular weight excluding hydrogens is 372 g/mol. The Labute approximate surface area is 169 Å². The summed E-state index contributed by atoms with van der Waals surface area (Å²) >= 11 is 0.630. The van der Waals surface area contributed by atoms with E-state index in [4.69, 9.17) is 5.26 Å². The molecule has 142 valence electrons. The first-order valence-corrected chi connectivity index (χ1v) is 10.1. The Bertz CT molecular complexity index is 940. The maximum Gasteiger partial charge on any atom is 0.139 e. The summed E-state index contributed by atoms with van der Waals surface area (Å²) in [6, 6.07) is 10.9. The Morgan fingerprint density at radius 2 is 1.75 bits per heavy atom. The standard InChI is InChI=1S/C24H21F2NS/c1-2-17-5-9-20(10-6-17)21-11-7-18(8-12-21)3-4-19-13-22(15-25)24(28-16-27)23(26)14-19/h2,7-8,11-14,17,20H,1,5-6,9-10,15H2. The fourth-order valence-corrected chi connectivity index (χ4v) is 4.15. The van der Waals surface area contributed by atoms with E-state index in [1.165, 1.54) is 43.4 Å². The van der Waals surface area contributed by atoms with Gasteiger partial charge in [0.15, 0.2) is 0 Å². The van der Waals surface area contributed by atoms with Crippen LogP contribution in [0.25, 0.3) is 0 Å². The number of hydrogen-bond acceptors (Lipinski definition) is 2. The van der Waals surface area contributed by atoms with Gasteiger partial charge in [0.2, 0.25) is 0 Å². The molecule has 1 aliphatic carbocycles. The number of alkyl halides is 1. The molecule has 0 unspecified atom stereocenters. The summed E-state index contributed by atoms with van der Waals surface area (Å²) in [5, 5.41) is 10.5. The highest BCUT2D eigenvalue weighted by molar-refractivity contribution is 8.03. The van der Waals surface area contributed by atoms with Crippen molar-refractivity contribution in [1.82, 2.24) is 0 Å². The van der Waals surface area contributed by atoms with Crippen LogP contribution in [0.15, 0.2) is 53.9 Å². The van der Waals surface area contributed by atoms with Crippen LogP contribution in [-0.4, -0.2) is 0 Å². The third-order valence-corrected chi connectivity index (χ3v) is 6.00. The summed E-state index contributed by atoms with van der Waals surface area (Å²) in [5.41, 5.74) is 2.72. The third-order valence-electron chi connectivity index (χ3n) is 5.25. The summed E-state index contributed by atoms with van der Waals surface area (Å²) in [6.45, 7) is 3.06. The molecule has 0 saturated heterocycles. The van der Waals surface area contributed by atoms with Crippen LogP contribution in [-0.2, 0) is 6.67 Å². The molecule has 3 rings (SSSR count). The molecule has 0 amide bonds. The van der Waals surface area contributed by atoms with Crippen molar-refractivity contribution in [3.63, 3.8) is 0 Å². The first kappa shape index (κ1) is 20.2. The van der Waals surface area contributed by atoms with Crippen LogP contribution in [0.3, 0.4) is 0 Å². The highest BCUT2D eigenvalue weighted by Gasteiger charge is 2.20. The zero-order valence-corrected chi connectivity index (χ0v) is 16.4. The van der Waals surface area contributed by atoms with Crippen LogP contribution in [0.5, 0.6) is 0 Å². The highest BCUT2D eigenvalue weighted by atomic mass is 32.2. The lowest BCUT2D eigenvalue weighted by Gasteiger charge is -2.26. The average Bonchev–Trinajstić information content (AvgIpc) is 2.74. The van der Waals surface area contributed by atoms with Crippen molar-refractivity contribution in [3.8, 4) is 17.2 Å². The van der Waals surface area contributed by atoms with Crippen molar-refractivity contribution >= 4 is 11.8 Å². The maximum absolute atomic E-state index is 14.1. The fourth-order valence-electron chi connectivity index (χ4n) is 3.65. The van der Waals surface area contributed by atoms with Crippen molar-refractivity contribution < 1.29 is 8.78 Å². The van der Waals surface area contributed by atoms with Gasteiger partial charge >= 0.3 is 0 Å². The zero-order chi connectivity index (χ0) is 19.9. The first-order chi connectivity index (χ1) is 13.6. The Balaban J connectivity index is 1.73. The number of thioether (sulfide) groups is 1. The van der Waals surface area contributed by atoms with Gasteiger partial charge in [-0.15, -0.1) is 6.58 Å². The summed E-state index contributed by atoms with van der Waals surface area (Å²) in [4.78, 5) is 0.0334. The van der Waals surface area contributed by atoms with Gasteiger partial charge in [-0.2, -0.15) is 5.26 Å². The van der Waals surface area contributed by atoms with Gasteiger partial charge in [0.05, 0.1) is 4.90 Å². The topological polar surface area (TPSA) is 23.8 Å². The second kappa shape index (κ2) is 9.58. The smallest absolute Gasteiger partial charge is 0.139 e. The number of halogens is 2. The molecular formula is C24H21F2NS. The van der Waals surface area contributed by atoms with Crippen LogP contribution in [0, 0.1) is 34.2 Å². The summed E-state index contributed by atoms with van der Waals surface area (Å²) in [5.74, 6) is 6.53. The predicted molar refractivity (Wildman–Crippen MR) is 110 cm³/mol. The Hall–Kier alpha value is -2.56. The molecule has 1 fully saturated rings. The number of hydrogen-bond donors (Lipinski definition) is 0. The van der Waals surface area contributed by atoms with E-state index in [1.807, 2.05) is 12.1 Å². The molecule has 0 atom stereocenters. The summed E-state index contributed by atoms with van der Waals surface area (Å²) in [6.07, 6.45) is 6.81. The monoisotopic (exact) mass is 393 g/mol. The molecule has 0 bridgehead atoms. The minimum absolute atomic E-state index is 0.0334. The molecule has 2 aromatic rings. The van der Waals surface area contributed by atoms with Gasteiger partial charge in [-0.25, -0.2) is 8.78 Å². The van der Waals surface area contributed by atoms with E-state index in [0.29, 0.717) is 29.2 Å². The van der Waals surface area contributed by atoms with E-state index in [1.54, 1.807) is 5.40 Å². The van der Waals surface area contributed by atoms with Crippen LogP contribution in [0.4, 0.5) is 8.78 Å². The van der Waals surface area contributed by atoms with E-state index in [-0.39, 0.29) is 10.5 Å². The first-order valence-electron chi connectivity index (χ1n) is 9.33. The summed E-state index contributed by atoms with van der Waals surface area (Å²) < 4.78 is 27.3. The quantitative estimate of drug-likeness (QED) is 0.249. The van der Waals surface area contributed by atoms with Crippen molar-refractivity contribution in [2.75, 3.05) is 0 Å². The zero-order valence-electron chi connectivity index (χ0n) is 15.6. The lowest BCUT2D eigenvalue weighted by atomic mass is 9.79. The van der Waals surface area contributed by atoms with E-state index in [0.717, 1.165) is 5.56 Å². The number of allylic oxidation sites excluding steroid dienone is 1. The minimum Gasteiger partial charge on any atom is -0.246 e. The third kappa shape index (κ3) is 4.83. The van der Waals surface area contributed by atoms with Gasteiger partial charge in [0.1, 0.15) is 17.9 Å². The van der Waals surface area contributed by atoms with E-state index in [2.05, 4.69) is 36.6 Å². The largest absolute Gasteiger partial charge is 0.246 e. The highest BCUT2D eigenvalue weighted by Crippen LogP contribution is 2.36. The number of rotatable bonds is 4. The van der Waals surface area contributed by atoms with Crippen molar-refractivity contribution in [3.05, 3.63) is 77.1 Å². The van der Waals surface area contributed by atoms with Gasteiger partial charge in [-0.05, 0) is 79.1 Å². The summed E-state index contributed by atoms with van der Waals surface area (Å²) in [7, 11) is 0. The normalized spacial score (nSPS) is 18.6. The molecule has 1 aliphatic rings.